The highest BCUT2D eigenvalue weighted by atomic mass is 127. The number of carbonyl (C=O) groups is 1. The molecule has 2 aromatic rings. The molecule has 1 aliphatic heterocycles. The summed E-state index contributed by atoms with van der Waals surface area (Å²) in [6.07, 6.45) is 5.43. The lowest BCUT2D eigenvalue weighted by Gasteiger charge is -2.27. The monoisotopic (exact) mass is 466 g/mol. The van der Waals surface area contributed by atoms with Gasteiger partial charge < -0.3 is 10.2 Å². The molecule has 26 heavy (non-hydrogen) atoms. The van der Waals surface area contributed by atoms with Crippen LogP contribution in [0.1, 0.15) is 35.2 Å². The van der Waals surface area contributed by atoms with E-state index < -0.39 is 4.92 Å². The number of hydrogen-bond acceptors (Lipinski definition) is 5. The van der Waals surface area contributed by atoms with E-state index in [-0.39, 0.29) is 11.6 Å². The first-order valence-corrected chi connectivity index (χ1v) is 9.54. The van der Waals surface area contributed by atoms with Gasteiger partial charge in [-0.2, -0.15) is 0 Å². The molecule has 0 radical (unpaired) electrons. The largest absolute Gasteiger partial charge is 0.357 e. The van der Waals surface area contributed by atoms with Gasteiger partial charge in [-0.15, -0.1) is 0 Å². The van der Waals surface area contributed by atoms with Crippen LogP contribution in [0.4, 0.5) is 11.5 Å². The number of benzene rings is 1. The summed E-state index contributed by atoms with van der Waals surface area (Å²) in [7, 11) is 0. The van der Waals surface area contributed by atoms with E-state index >= 15 is 0 Å². The van der Waals surface area contributed by atoms with Crippen molar-refractivity contribution in [3.8, 4) is 0 Å². The first-order chi connectivity index (χ1) is 12.5. The average molecular weight is 466 g/mol. The zero-order valence-corrected chi connectivity index (χ0v) is 16.3. The maximum Gasteiger partial charge on any atom is 0.270 e. The van der Waals surface area contributed by atoms with Crippen LogP contribution in [-0.4, -0.2) is 28.9 Å². The van der Waals surface area contributed by atoms with Crippen LogP contribution in [0.5, 0.6) is 0 Å². The summed E-state index contributed by atoms with van der Waals surface area (Å²) >= 11 is 2.00. The molecule has 0 atom stereocenters. The van der Waals surface area contributed by atoms with Gasteiger partial charge in [-0.1, -0.05) is 6.07 Å². The van der Waals surface area contributed by atoms with Crippen LogP contribution in [0.3, 0.4) is 0 Å². The third kappa shape index (κ3) is 4.48. The summed E-state index contributed by atoms with van der Waals surface area (Å²) in [4.78, 5) is 29.5. The molecule has 1 amide bonds. The Labute approximate surface area is 165 Å². The van der Waals surface area contributed by atoms with Gasteiger partial charge in [-0.3, -0.25) is 14.9 Å². The minimum Gasteiger partial charge on any atom is -0.357 e. The Balaban J connectivity index is 1.62. The van der Waals surface area contributed by atoms with Crippen molar-refractivity contribution in [2.24, 2.45) is 0 Å². The normalized spacial score (nSPS) is 14.1. The molecule has 0 bridgehead atoms. The lowest BCUT2D eigenvalue weighted by molar-refractivity contribution is -0.384. The molecule has 2 heterocycles. The van der Waals surface area contributed by atoms with Crippen LogP contribution in [0, 0.1) is 13.7 Å². The van der Waals surface area contributed by atoms with Crippen LogP contribution in [0.2, 0.25) is 0 Å². The van der Waals surface area contributed by atoms with Gasteiger partial charge in [-0.05, 0) is 59.5 Å². The lowest BCUT2D eigenvalue weighted by Crippen LogP contribution is -2.30. The molecule has 1 aromatic carbocycles. The van der Waals surface area contributed by atoms with E-state index in [0.29, 0.717) is 15.7 Å². The number of pyridine rings is 1. The van der Waals surface area contributed by atoms with E-state index in [4.69, 9.17) is 0 Å². The maximum atomic E-state index is 12.4. The molecule has 136 valence electrons. The van der Waals surface area contributed by atoms with Gasteiger partial charge >= 0.3 is 0 Å². The number of rotatable bonds is 5. The molecular formula is C18H19IN4O3. The Kier molecular flexibility index (Phi) is 6.02. The van der Waals surface area contributed by atoms with Crippen LogP contribution >= 0.6 is 22.6 Å². The highest BCUT2D eigenvalue weighted by Crippen LogP contribution is 2.20. The Hall–Kier alpha value is -2.23. The Morgan fingerprint density at radius 1 is 1.23 bits per heavy atom. The predicted molar refractivity (Wildman–Crippen MR) is 107 cm³/mol. The number of aromatic nitrogens is 1. The van der Waals surface area contributed by atoms with Gasteiger partial charge in [0.15, 0.2) is 0 Å². The Morgan fingerprint density at radius 2 is 2.00 bits per heavy atom. The van der Waals surface area contributed by atoms with Crippen molar-refractivity contribution < 1.29 is 9.72 Å². The minimum atomic E-state index is -0.504. The van der Waals surface area contributed by atoms with Gasteiger partial charge in [0.1, 0.15) is 5.82 Å². The number of amides is 1. The van der Waals surface area contributed by atoms with E-state index in [2.05, 4.69) is 15.2 Å². The number of hydrogen-bond donors (Lipinski definition) is 1. The van der Waals surface area contributed by atoms with Crippen molar-refractivity contribution in [2.75, 3.05) is 18.0 Å². The molecule has 0 spiro atoms. The third-order valence-electron chi connectivity index (χ3n) is 4.35. The van der Waals surface area contributed by atoms with E-state index in [1.807, 2.05) is 34.7 Å². The van der Waals surface area contributed by atoms with Gasteiger partial charge in [0.05, 0.1) is 10.5 Å². The van der Waals surface area contributed by atoms with Crippen molar-refractivity contribution in [3.63, 3.8) is 0 Å². The molecule has 1 aliphatic rings. The van der Waals surface area contributed by atoms with Crippen molar-refractivity contribution in [2.45, 2.75) is 25.8 Å². The fourth-order valence-electron chi connectivity index (χ4n) is 2.91. The molecule has 1 N–H and O–H groups in total. The molecule has 1 aromatic heterocycles. The van der Waals surface area contributed by atoms with E-state index in [1.165, 1.54) is 31.4 Å². The Morgan fingerprint density at radius 3 is 2.65 bits per heavy atom. The molecule has 0 unspecified atom stereocenters. The summed E-state index contributed by atoms with van der Waals surface area (Å²) in [6, 6.07) is 8.19. The Bertz CT molecular complexity index is 805. The number of nitro groups is 1. The maximum absolute atomic E-state index is 12.4. The second kappa shape index (κ2) is 8.43. The van der Waals surface area contributed by atoms with E-state index in [0.717, 1.165) is 24.5 Å². The summed E-state index contributed by atoms with van der Waals surface area (Å²) in [5.41, 5.74) is 1.10. The van der Waals surface area contributed by atoms with Crippen molar-refractivity contribution >= 4 is 40.0 Å². The van der Waals surface area contributed by atoms with Gasteiger partial charge in [0.2, 0.25) is 0 Å². The molecule has 3 rings (SSSR count). The van der Waals surface area contributed by atoms with Crippen LogP contribution in [0.25, 0.3) is 0 Å². The molecule has 1 saturated heterocycles. The van der Waals surface area contributed by atoms with Crippen molar-refractivity contribution in [3.05, 3.63) is 61.3 Å². The first kappa shape index (κ1) is 18.6. The first-order valence-electron chi connectivity index (χ1n) is 8.46. The molecule has 0 saturated carbocycles. The number of anilines is 1. The highest BCUT2D eigenvalue weighted by molar-refractivity contribution is 14.1. The minimum absolute atomic E-state index is 0.0943. The zero-order valence-electron chi connectivity index (χ0n) is 14.2. The second-order valence-corrected chi connectivity index (χ2v) is 7.34. The topological polar surface area (TPSA) is 88.4 Å². The number of nitrogens with zero attached hydrogens (tertiary/aromatic N) is 3. The molecule has 0 aliphatic carbocycles. The fourth-order valence-corrected chi connectivity index (χ4v) is 3.49. The smallest absolute Gasteiger partial charge is 0.270 e. The standard InChI is InChI=1S/C18H19IN4O3/c19-16-6-5-14(23(25)26)10-15(16)18(24)21-12-13-4-7-17(20-11-13)22-8-2-1-3-9-22/h4-7,10-11H,1-3,8-9,12H2,(H,21,24). The SMILES string of the molecule is O=C(NCc1ccc(N2CCCCC2)nc1)c1cc([N+](=O)[O-])ccc1I. The van der Waals surface area contributed by atoms with Crippen LogP contribution in [0.15, 0.2) is 36.5 Å². The highest BCUT2D eigenvalue weighted by Gasteiger charge is 2.16. The van der Waals surface area contributed by atoms with Crippen LogP contribution in [-0.2, 0) is 6.54 Å². The van der Waals surface area contributed by atoms with Crippen molar-refractivity contribution in [1.29, 1.82) is 0 Å². The number of nitrogens with one attached hydrogen (secondary N) is 1. The predicted octanol–water partition coefficient (Wildman–Crippen LogP) is 3.51. The lowest BCUT2D eigenvalue weighted by atomic mass is 10.1. The van der Waals surface area contributed by atoms with Gasteiger partial charge in [-0.25, -0.2) is 4.98 Å². The molecular weight excluding hydrogens is 447 g/mol. The third-order valence-corrected chi connectivity index (χ3v) is 5.29. The van der Waals surface area contributed by atoms with Crippen LogP contribution < -0.4 is 10.2 Å². The van der Waals surface area contributed by atoms with E-state index in [9.17, 15) is 14.9 Å². The average Bonchev–Trinajstić information content (AvgIpc) is 2.67. The summed E-state index contributed by atoms with van der Waals surface area (Å²) < 4.78 is 0.671. The molecule has 8 heteroatoms. The number of piperidine rings is 1. The summed E-state index contributed by atoms with van der Waals surface area (Å²) in [5.74, 6) is 0.631. The number of carbonyl (C=O) groups excluding carboxylic acids is 1. The molecule has 7 nitrogen and oxygen atoms in total. The second-order valence-electron chi connectivity index (χ2n) is 6.18. The van der Waals surface area contributed by atoms with E-state index in [1.54, 1.807) is 12.3 Å². The number of non-ortho nitro benzene ring substituents is 1. The summed E-state index contributed by atoms with van der Waals surface area (Å²) in [6.45, 7) is 2.40. The van der Waals surface area contributed by atoms with Gasteiger partial charge in [0.25, 0.3) is 11.6 Å². The van der Waals surface area contributed by atoms with Crippen molar-refractivity contribution in [1.82, 2.24) is 10.3 Å². The molecule has 1 fully saturated rings. The number of halogens is 1. The quantitative estimate of drug-likeness (QED) is 0.414. The fraction of sp³-hybridized carbons (Fsp3) is 0.333. The summed E-state index contributed by atoms with van der Waals surface area (Å²) in [5, 5.41) is 13.7. The number of nitro benzene ring substituents is 1. The zero-order chi connectivity index (χ0) is 18.5. The van der Waals surface area contributed by atoms with Gasteiger partial charge in [0, 0.05) is 41.5 Å².